The Balaban J connectivity index is 0.000000309. The van der Waals surface area contributed by atoms with Crippen LogP contribution in [0.4, 0.5) is 10.5 Å². The molecule has 2 amide bonds. The van der Waals surface area contributed by atoms with Gasteiger partial charge in [0.2, 0.25) is 17.5 Å². The number of hydrogen-bond acceptors (Lipinski definition) is 17. The second-order valence-electron chi connectivity index (χ2n) is 15.7. The monoisotopic (exact) mass is 922 g/mol. The molecule has 4 aromatic carbocycles. The number of fused-ring (bicyclic) bond motifs is 2. The number of rotatable bonds is 9. The SMILES string of the molecule is CO[C@@H]1[C@@H](OC(N)=O)[C@@H](O)[C@H](Oc2ccc3c(O)c(NC(=O)c4ccc(O)c(CC=C(C)C)c4)c(=O)oc3c2C)OC1(C)C.O=c1c(O)c(-c2ccc(O)c(O)c2)oc2cc(O)ccc12.[NaH]. The van der Waals surface area contributed by atoms with E-state index >= 15 is 0 Å². The fourth-order valence-electron chi connectivity index (χ4n) is 7.10. The molecule has 66 heavy (non-hydrogen) atoms. The molecular formula is C46H47N2NaO17. The standard InChI is InChI=1S/C31H36N2O11.C15H10O6.Na.H/c1-14(2)7-8-16-13-17(9-11-19(16)34)27(37)33-21-22(35)18-10-12-20(15(3)24(18)42-28(21)38)41-29-23(36)25(43-30(32)39)26(40-6)31(4,5)44-29;16-8-2-3-9-12(6-8)21-15(14(20)13(9)19)7-1-4-10(17)11(18)5-7;;/h7,9-13,23,25-26,29,34-36H,8H2,1-6H3,(H2,32,39)(H,33,37);1-6,16-18,20H;;/t23-,25+,26-,29-;;;/m1.../s1. The summed E-state index contributed by atoms with van der Waals surface area (Å²) in [7, 11) is 1.37. The number of amides is 2. The van der Waals surface area contributed by atoms with Gasteiger partial charge in [0, 0.05) is 29.9 Å². The number of aliphatic hydroxyl groups is 1. The van der Waals surface area contributed by atoms with Gasteiger partial charge in [0.05, 0.1) is 16.4 Å². The zero-order chi connectivity index (χ0) is 47.7. The molecule has 6 aromatic rings. The van der Waals surface area contributed by atoms with Gasteiger partial charge in [-0.2, -0.15) is 0 Å². The van der Waals surface area contributed by atoms with Crippen LogP contribution in [0, 0.1) is 6.92 Å². The maximum atomic E-state index is 13.0. The minimum absolute atomic E-state index is 0. The van der Waals surface area contributed by atoms with Crippen LogP contribution in [0.2, 0.25) is 0 Å². The Morgan fingerprint density at radius 1 is 0.864 bits per heavy atom. The van der Waals surface area contributed by atoms with Gasteiger partial charge in [-0.1, -0.05) is 11.6 Å². The van der Waals surface area contributed by atoms with E-state index in [9.17, 15) is 54.9 Å². The minimum atomic E-state index is -1.52. The number of allylic oxidation sites excluding steroid dienone is 2. The van der Waals surface area contributed by atoms with Crippen LogP contribution in [0.3, 0.4) is 0 Å². The van der Waals surface area contributed by atoms with Gasteiger partial charge in [0.25, 0.3) is 5.91 Å². The molecule has 1 saturated heterocycles. The van der Waals surface area contributed by atoms with Gasteiger partial charge in [0.15, 0.2) is 40.9 Å². The first kappa shape index (κ1) is 50.3. The van der Waals surface area contributed by atoms with Gasteiger partial charge < -0.3 is 74.6 Å². The van der Waals surface area contributed by atoms with E-state index in [0.717, 1.165) is 11.6 Å². The topological polar surface area (TPSA) is 311 Å². The first-order valence-electron chi connectivity index (χ1n) is 19.7. The van der Waals surface area contributed by atoms with E-state index in [4.69, 9.17) is 33.5 Å². The summed E-state index contributed by atoms with van der Waals surface area (Å²) in [4.78, 5) is 49.6. The zero-order valence-corrected chi connectivity index (χ0v) is 35.7. The number of primary amides is 1. The number of aliphatic hydroxyl groups excluding tert-OH is 1. The first-order valence-corrected chi connectivity index (χ1v) is 19.7. The molecule has 1 aliphatic rings. The van der Waals surface area contributed by atoms with Crippen LogP contribution in [0.1, 0.15) is 49.2 Å². The van der Waals surface area contributed by atoms with Crippen molar-refractivity contribution in [2.45, 2.75) is 71.2 Å². The van der Waals surface area contributed by atoms with Crippen LogP contribution < -0.4 is 26.8 Å². The van der Waals surface area contributed by atoms with Gasteiger partial charge >= 0.3 is 41.3 Å². The molecule has 0 aliphatic carbocycles. The molecule has 1 aliphatic heterocycles. The summed E-state index contributed by atoms with van der Waals surface area (Å²) in [5.74, 6) is -2.69. The molecule has 344 valence electrons. The van der Waals surface area contributed by atoms with Crippen molar-refractivity contribution in [3.63, 3.8) is 0 Å². The van der Waals surface area contributed by atoms with Gasteiger partial charge in [-0.3, -0.25) is 9.59 Å². The van der Waals surface area contributed by atoms with Crippen LogP contribution in [0.15, 0.2) is 96.8 Å². The summed E-state index contributed by atoms with van der Waals surface area (Å²) in [6, 6.07) is 14.8. The third kappa shape index (κ3) is 10.5. The molecule has 2 aromatic heterocycles. The molecule has 0 radical (unpaired) electrons. The summed E-state index contributed by atoms with van der Waals surface area (Å²) in [6.07, 6.45) is -3.81. The van der Waals surface area contributed by atoms with E-state index in [-0.39, 0.29) is 96.9 Å². The Morgan fingerprint density at radius 3 is 2.20 bits per heavy atom. The molecule has 0 unspecified atom stereocenters. The Labute approximate surface area is 397 Å². The van der Waals surface area contributed by atoms with Crippen LogP contribution in [0.25, 0.3) is 33.3 Å². The van der Waals surface area contributed by atoms with Gasteiger partial charge in [-0.05, 0) is 107 Å². The van der Waals surface area contributed by atoms with Crippen LogP contribution in [0.5, 0.6) is 40.2 Å². The van der Waals surface area contributed by atoms with Crippen molar-refractivity contribution < 1.29 is 73.1 Å². The van der Waals surface area contributed by atoms with Crippen molar-refractivity contribution in [3.05, 3.63) is 116 Å². The molecule has 10 N–H and O–H groups in total. The molecule has 0 bridgehead atoms. The summed E-state index contributed by atoms with van der Waals surface area (Å²) in [6.45, 7) is 8.69. The Kier molecular flexibility index (Phi) is 15.4. The quantitative estimate of drug-likeness (QED) is 0.0386. The second-order valence-corrected chi connectivity index (χ2v) is 15.7. The molecule has 20 heteroatoms. The van der Waals surface area contributed by atoms with Gasteiger partial charge in [-0.15, -0.1) is 0 Å². The number of carbonyl (C=O) groups is 2. The predicted octanol–water partition coefficient (Wildman–Crippen LogP) is 5.26. The van der Waals surface area contributed by atoms with Crippen molar-refractivity contribution in [2.24, 2.45) is 5.73 Å². The third-order valence-electron chi connectivity index (χ3n) is 10.4. The van der Waals surface area contributed by atoms with E-state index < -0.39 is 76.2 Å². The molecular weight excluding hydrogens is 875 g/mol. The predicted molar refractivity (Wildman–Crippen MR) is 241 cm³/mol. The molecule has 0 saturated carbocycles. The fourth-order valence-corrected chi connectivity index (χ4v) is 7.10. The fraction of sp³-hybridized carbons (Fsp3) is 0.261. The Morgan fingerprint density at radius 2 is 1.55 bits per heavy atom. The van der Waals surface area contributed by atoms with E-state index in [1.807, 2.05) is 19.9 Å². The average Bonchev–Trinajstić information content (AvgIpc) is 3.24. The van der Waals surface area contributed by atoms with E-state index in [0.29, 0.717) is 12.0 Å². The number of phenols is 4. The summed E-state index contributed by atoms with van der Waals surface area (Å²) in [5.41, 5.74) is 4.19. The third-order valence-corrected chi connectivity index (χ3v) is 10.4. The first-order chi connectivity index (χ1) is 30.6. The Hall–Kier alpha value is -6.74. The maximum absolute atomic E-state index is 13.0. The molecule has 19 nitrogen and oxygen atoms in total. The molecule has 4 atom stereocenters. The second kappa shape index (κ2) is 20.2. The normalized spacial score (nSPS) is 17.4. The number of phenolic OH excluding ortho intramolecular Hbond substituents is 4. The molecule has 0 spiro atoms. The van der Waals surface area contributed by atoms with Crippen molar-refractivity contribution in [1.82, 2.24) is 0 Å². The van der Waals surface area contributed by atoms with Crippen molar-refractivity contribution in [1.29, 1.82) is 0 Å². The number of aromatic hydroxyl groups is 6. The van der Waals surface area contributed by atoms with Crippen molar-refractivity contribution in [3.8, 4) is 51.6 Å². The van der Waals surface area contributed by atoms with E-state index in [1.165, 1.54) is 67.8 Å². The summed E-state index contributed by atoms with van der Waals surface area (Å²) >= 11 is 0. The number of aryl methyl sites for hydroxylation is 1. The number of anilines is 1. The number of carbonyl (C=O) groups excluding carboxylic acids is 2. The number of hydrogen-bond donors (Lipinski definition) is 9. The van der Waals surface area contributed by atoms with Crippen LogP contribution in [-0.4, -0.2) is 115 Å². The molecule has 3 heterocycles. The number of nitrogens with one attached hydrogen (secondary N) is 1. The van der Waals surface area contributed by atoms with E-state index in [1.54, 1.807) is 20.8 Å². The van der Waals surface area contributed by atoms with Crippen LogP contribution in [-0.2, 0) is 20.6 Å². The Bertz CT molecular complexity index is 2980. The molecule has 7 rings (SSSR count). The molecule has 1 fully saturated rings. The van der Waals surface area contributed by atoms with E-state index in [2.05, 4.69) is 5.32 Å². The van der Waals surface area contributed by atoms with Crippen molar-refractivity contribution in [2.75, 3.05) is 12.4 Å². The number of ether oxygens (including phenoxy) is 4. The zero-order valence-electron chi connectivity index (χ0n) is 35.7. The number of benzene rings is 4. The average molecular weight is 923 g/mol. The van der Waals surface area contributed by atoms with Gasteiger partial charge in [0.1, 0.15) is 34.5 Å². The summed E-state index contributed by atoms with van der Waals surface area (Å²) < 4.78 is 33.3. The number of methoxy groups -OCH3 is 1. The summed E-state index contributed by atoms with van der Waals surface area (Å²) in [5, 5.41) is 72.9. The van der Waals surface area contributed by atoms with Gasteiger partial charge in [-0.25, -0.2) is 9.59 Å². The van der Waals surface area contributed by atoms with Crippen LogP contribution >= 0.6 is 0 Å². The van der Waals surface area contributed by atoms with Crippen molar-refractivity contribution >= 4 is 69.2 Å². The number of nitrogens with two attached hydrogens (primary N) is 1.